The van der Waals surface area contributed by atoms with Crippen molar-refractivity contribution in [1.29, 1.82) is 0 Å². The van der Waals surface area contributed by atoms with E-state index in [0.29, 0.717) is 10.7 Å². The molecule has 0 fully saturated rings. The van der Waals surface area contributed by atoms with E-state index in [1.807, 2.05) is 4.57 Å². The zero-order chi connectivity index (χ0) is 12.4. The Morgan fingerprint density at radius 2 is 2.18 bits per heavy atom. The van der Waals surface area contributed by atoms with Crippen LogP contribution in [0.1, 0.15) is 26.7 Å². The molecule has 17 heavy (non-hydrogen) atoms. The summed E-state index contributed by atoms with van der Waals surface area (Å²) in [6.07, 6.45) is 2.22. The number of imidazole rings is 1. The predicted molar refractivity (Wildman–Crippen MR) is 71.2 cm³/mol. The fourth-order valence-electron chi connectivity index (χ4n) is 2.01. The van der Waals surface area contributed by atoms with Crippen molar-refractivity contribution in [2.24, 2.45) is 5.92 Å². The first-order valence-corrected chi connectivity index (χ1v) is 6.37. The van der Waals surface area contributed by atoms with E-state index in [0.717, 1.165) is 30.4 Å². The maximum atomic E-state index is 13.2. The Bertz CT molecular complexity index is 568. The van der Waals surface area contributed by atoms with Crippen molar-refractivity contribution in [3.63, 3.8) is 0 Å². The summed E-state index contributed by atoms with van der Waals surface area (Å²) in [7, 11) is 0. The number of aromatic nitrogens is 2. The van der Waals surface area contributed by atoms with E-state index in [1.54, 1.807) is 6.07 Å². The summed E-state index contributed by atoms with van der Waals surface area (Å²) in [6, 6.07) is 4.72. The Labute approximate surface area is 105 Å². The van der Waals surface area contributed by atoms with Crippen LogP contribution in [0.25, 0.3) is 11.0 Å². The third-order valence-electron chi connectivity index (χ3n) is 2.90. The summed E-state index contributed by atoms with van der Waals surface area (Å²) in [5, 5.41) is 0. The number of hydrogen-bond donors (Lipinski definition) is 1. The van der Waals surface area contributed by atoms with Gasteiger partial charge >= 0.3 is 0 Å². The van der Waals surface area contributed by atoms with Crippen LogP contribution in [0.3, 0.4) is 0 Å². The van der Waals surface area contributed by atoms with Crippen LogP contribution in [-0.4, -0.2) is 9.55 Å². The second-order valence-corrected chi connectivity index (χ2v) is 5.17. The van der Waals surface area contributed by atoms with Gasteiger partial charge in [0, 0.05) is 6.54 Å². The molecule has 1 heterocycles. The molecule has 1 N–H and O–H groups in total. The molecule has 0 amide bonds. The molecule has 4 heteroatoms. The zero-order valence-corrected chi connectivity index (χ0v) is 11.0. The normalized spacial score (nSPS) is 11.5. The number of hydrogen-bond acceptors (Lipinski definition) is 1. The number of benzene rings is 1. The van der Waals surface area contributed by atoms with Crippen molar-refractivity contribution in [3.05, 3.63) is 28.8 Å². The molecule has 2 aromatic rings. The molecule has 0 unspecified atom stereocenters. The lowest BCUT2D eigenvalue weighted by atomic mass is 10.1. The topological polar surface area (TPSA) is 20.7 Å². The van der Waals surface area contributed by atoms with Crippen molar-refractivity contribution >= 4 is 23.3 Å². The molecule has 0 spiro atoms. The SMILES string of the molecule is CC(C)CCCn1c(=S)[nH]c2ccc(F)cc21. The van der Waals surface area contributed by atoms with Gasteiger partial charge in [0.1, 0.15) is 5.82 Å². The molecule has 2 rings (SSSR count). The van der Waals surface area contributed by atoms with Gasteiger partial charge in [0.05, 0.1) is 11.0 Å². The number of rotatable bonds is 4. The molecule has 0 radical (unpaired) electrons. The van der Waals surface area contributed by atoms with Crippen molar-refractivity contribution in [1.82, 2.24) is 9.55 Å². The van der Waals surface area contributed by atoms with Gasteiger partial charge in [0.25, 0.3) is 0 Å². The van der Waals surface area contributed by atoms with E-state index in [-0.39, 0.29) is 5.82 Å². The molecule has 0 atom stereocenters. The quantitative estimate of drug-likeness (QED) is 0.806. The highest BCUT2D eigenvalue weighted by Gasteiger charge is 2.05. The van der Waals surface area contributed by atoms with E-state index in [9.17, 15) is 4.39 Å². The molecule has 0 aliphatic heterocycles. The van der Waals surface area contributed by atoms with Crippen molar-refractivity contribution < 1.29 is 4.39 Å². The second kappa shape index (κ2) is 5.00. The molecule has 1 aromatic heterocycles. The summed E-state index contributed by atoms with van der Waals surface area (Å²) >= 11 is 5.26. The van der Waals surface area contributed by atoms with Gasteiger partial charge in [0.2, 0.25) is 0 Å². The van der Waals surface area contributed by atoms with Crippen LogP contribution < -0.4 is 0 Å². The van der Waals surface area contributed by atoms with Crippen LogP contribution in [-0.2, 0) is 6.54 Å². The molecule has 1 aromatic carbocycles. The molecule has 0 saturated carbocycles. The molecule has 0 saturated heterocycles. The zero-order valence-electron chi connectivity index (χ0n) is 10.2. The van der Waals surface area contributed by atoms with Crippen LogP contribution in [0.5, 0.6) is 0 Å². The standard InChI is InChI=1S/C13H17FN2S/c1-9(2)4-3-7-16-12-8-10(14)5-6-11(12)15-13(16)17/h5-6,8-9H,3-4,7H2,1-2H3,(H,15,17). The average molecular weight is 252 g/mol. The molecule has 92 valence electrons. The number of aryl methyl sites for hydroxylation is 1. The van der Waals surface area contributed by atoms with Gasteiger partial charge < -0.3 is 9.55 Å². The fourth-order valence-corrected chi connectivity index (χ4v) is 2.31. The fraction of sp³-hybridized carbons (Fsp3) is 0.462. The summed E-state index contributed by atoms with van der Waals surface area (Å²) in [6.45, 7) is 5.25. The summed E-state index contributed by atoms with van der Waals surface area (Å²) < 4.78 is 15.9. The number of aromatic amines is 1. The molecule has 2 nitrogen and oxygen atoms in total. The number of nitrogens with zero attached hydrogens (tertiary/aromatic N) is 1. The van der Waals surface area contributed by atoms with Crippen LogP contribution in [0.15, 0.2) is 18.2 Å². The molecule has 0 aliphatic rings. The van der Waals surface area contributed by atoms with Gasteiger partial charge in [-0.3, -0.25) is 0 Å². The molecule has 0 bridgehead atoms. The highest BCUT2D eigenvalue weighted by atomic mass is 32.1. The lowest BCUT2D eigenvalue weighted by molar-refractivity contribution is 0.514. The molecule has 0 aliphatic carbocycles. The number of H-pyrrole nitrogens is 1. The predicted octanol–water partition coefficient (Wildman–Crippen LogP) is 4.27. The van der Waals surface area contributed by atoms with Crippen LogP contribution in [0, 0.1) is 16.5 Å². The van der Waals surface area contributed by atoms with Crippen molar-refractivity contribution in [2.45, 2.75) is 33.2 Å². The van der Waals surface area contributed by atoms with E-state index in [2.05, 4.69) is 18.8 Å². The number of fused-ring (bicyclic) bond motifs is 1. The van der Waals surface area contributed by atoms with Gasteiger partial charge in [-0.25, -0.2) is 4.39 Å². The number of halogens is 1. The van der Waals surface area contributed by atoms with Gasteiger partial charge in [-0.1, -0.05) is 13.8 Å². The van der Waals surface area contributed by atoms with Gasteiger partial charge in [-0.15, -0.1) is 0 Å². The van der Waals surface area contributed by atoms with E-state index in [4.69, 9.17) is 12.2 Å². The van der Waals surface area contributed by atoms with Gasteiger partial charge in [-0.05, 0) is 49.2 Å². The lowest BCUT2D eigenvalue weighted by Crippen LogP contribution is -2.00. The number of nitrogens with one attached hydrogen (secondary N) is 1. The highest BCUT2D eigenvalue weighted by molar-refractivity contribution is 7.71. The largest absolute Gasteiger partial charge is 0.331 e. The molecular weight excluding hydrogens is 235 g/mol. The molecular formula is C13H17FN2S. The first-order chi connectivity index (χ1) is 8.08. The van der Waals surface area contributed by atoms with E-state index in [1.165, 1.54) is 12.1 Å². The van der Waals surface area contributed by atoms with E-state index >= 15 is 0 Å². The monoisotopic (exact) mass is 252 g/mol. The smallest absolute Gasteiger partial charge is 0.178 e. The first kappa shape index (κ1) is 12.3. The Hall–Kier alpha value is -1.16. The Morgan fingerprint density at radius 3 is 2.88 bits per heavy atom. The average Bonchev–Trinajstić information content (AvgIpc) is 2.55. The second-order valence-electron chi connectivity index (χ2n) is 4.78. The third-order valence-corrected chi connectivity index (χ3v) is 3.22. The minimum Gasteiger partial charge on any atom is -0.331 e. The minimum absolute atomic E-state index is 0.218. The maximum Gasteiger partial charge on any atom is 0.178 e. The third kappa shape index (κ3) is 2.75. The maximum absolute atomic E-state index is 13.2. The Morgan fingerprint density at radius 1 is 1.41 bits per heavy atom. The summed E-state index contributed by atoms with van der Waals surface area (Å²) in [5.74, 6) is 0.468. The van der Waals surface area contributed by atoms with Crippen LogP contribution >= 0.6 is 12.2 Å². The summed E-state index contributed by atoms with van der Waals surface area (Å²) in [4.78, 5) is 3.10. The summed E-state index contributed by atoms with van der Waals surface area (Å²) in [5.41, 5.74) is 1.76. The van der Waals surface area contributed by atoms with Crippen LogP contribution in [0.2, 0.25) is 0 Å². The Balaban J connectivity index is 2.29. The highest BCUT2D eigenvalue weighted by Crippen LogP contribution is 2.17. The van der Waals surface area contributed by atoms with Gasteiger partial charge in [-0.2, -0.15) is 0 Å². The minimum atomic E-state index is -0.218. The van der Waals surface area contributed by atoms with Crippen molar-refractivity contribution in [2.75, 3.05) is 0 Å². The first-order valence-electron chi connectivity index (χ1n) is 5.96. The lowest BCUT2D eigenvalue weighted by Gasteiger charge is -2.06. The Kier molecular flexibility index (Phi) is 3.62. The van der Waals surface area contributed by atoms with Crippen molar-refractivity contribution in [3.8, 4) is 0 Å². The van der Waals surface area contributed by atoms with E-state index < -0.39 is 0 Å². The van der Waals surface area contributed by atoms with Gasteiger partial charge in [0.15, 0.2) is 4.77 Å². The van der Waals surface area contributed by atoms with Crippen LogP contribution in [0.4, 0.5) is 4.39 Å².